The summed E-state index contributed by atoms with van der Waals surface area (Å²) in [5.74, 6) is 0.0867. The second kappa shape index (κ2) is 10.8. The molecule has 0 bridgehead atoms. The molecule has 2 aromatic rings. The molecule has 0 aromatic heterocycles. The van der Waals surface area contributed by atoms with Gasteiger partial charge in [0.25, 0.3) is 5.91 Å². The summed E-state index contributed by atoms with van der Waals surface area (Å²) in [5, 5.41) is 8.38. The van der Waals surface area contributed by atoms with Crippen molar-refractivity contribution in [3.63, 3.8) is 0 Å². The van der Waals surface area contributed by atoms with Gasteiger partial charge in [-0.2, -0.15) is 0 Å². The van der Waals surface area contributed by atoms with Gasteiger partial charge >= 0.3 is 0 Å². The summed E-state index contributed by atoms with van der Waals surface area (Å²) >= 11 is 8.61. The van der Waals surface area contributed by atoms with Crippen LogP contribution in [0.25, 0.3) is 0 Å². The van der Waals surface area contributed by atoms with E-state index in [1.54, 1.807) is 31.3 Å². The van der Waals surface area contributed by atoms with Crippen LogP contribution in [0.3, 0.4) is 0 Å². The molecule has 148 valence electrons. The highest BCUT2D eigenvalue weighted by molar-refractivity contribution is 9.10. The molecule has 2 rings (SSSR count). The van der Waals surface area contributed by atoms with Crippen molar-refractivity contribution < 1.29 is 14.3 Å². The molecule has 28 heavy (non-hydrogen) atoms. The summed E-state index contributed by atoms with van der Waals surface area (Å²) < 4.78 is 6.41. The number of carbonyl (C=O) groups excluding carboxylic acids is 2. The Bertz CT molecular complexity index is 856. The first-order chi connectivity index (χ1) is 13.4. The van der Waals surface area contributed by atoms with Crippen LogP contribution in [0.15, 0.2) is 46.9 Å². The van der Waals surface area contributed by atoms with Crippen LogP contribution in [0, 0.1) is 0 Å². The summed E-state index contributed by atoms with van der Waals surface area (Å²) in [6.07, 6.45) is 1.15. The van der Waals surface area contributed by atoms with Gasteiger partial charge in [0.2, 0.25) is 5.91 Å². The third-order valence-corrected chi connectivity index (χ3v) is 4.43. The van der Waals surface area contributed by atoms with E-state index in [9.17, 15) is 9.59 Å². The SMILES string of the molecule is CCCOc1ccc(Br)cc1C(=O)NC(=S)Nc1ccc(CC(=O)NC)cc1. The van der Waals surface area contributed by atoms with Crippen LogP contribution >= 0.6 is 28.1 Å². The number of amides is 2. The molecule has 0 saturated carbocycles. The van der Waals surface area contributed by atoms with E-state index < -0.39 is 0 Å². The Morgan fingerprint density at radius 2 is 1.86 bits per heavy atom. The standard InChI is InChI=1S/C20H22BrN3O3S/c1-3-10-27-17-9-6-14(21)12-16(17)19(26)24-20(28)23-15-7-4-13(5-8-15)11-18(25)22-2/h4-9,12H,3,10-11H2,1-2H3,(H,22,25)(H2,23,24,26,28). The lowest BCUT2D eigenvalue weighted by atomic mass is 10.1. The second-order valence-corrected chi connectivity index (χ2v) is 7.27. The van der Waals surface area contributed by atoms with Crippen molar-refractivity contribution in [2.75, 3.05) is 19.0 Å². The number of halogens is 1. The zero-order chi connectivity index (χ0) is 20.5. The average Bonchev–Trinajstić information content (AvgIpc) is 2.68. The molecule has 0 atom stereocenters. The minimum absolute atomic E-state index is 0.0568. The van der Waals surface area contributed by atoms with Gasteiger partial charge in [-0.25, -0.2) is 0 Å². The van der Waals surface area contributed by atoms with E-state index in [1.807, 2.05) is 25.1 Å². The van der Waals surface area contributed by atoms with E-state index in [4.69, 9.17) is 17.0 Å². The molecule has 0 aliphatic rings. The molecule has 0 aliphatic heterocycles. The fourth-order valence-electron chi connectivity index (χ4n) is 2.33. The maximum atomic E-state index is 12.6. The predicted octanol–water partition coefficient (Wildman–Crippen LogP) is 3.65. The Morgan fingerprint density at radius 1 is 1.14 bits per heavy atom. The highest BCUT2D eigenvalue weighted by Gasteiger charge is 2.15. The lowest BCUT2D eigenvalue weighted by molar-refractivity contribution is -0.119. The van der Waals surface area contributed by atoms with Gasteiger partial charge in [-0.05, 0) is 54.5 Å². The summed E-state index contributed by atoms with van der Waals surface area (Å²) in [7, 11) is 1.60. The zero-order valence-corrected chi connectivity index (χ0v) is 18.1. The van der Waals surface area contributed by atoms with Crippen LogP contribution in [0.4, 0.5) is 5.69 Å². The average molecular weight is 464 g/mol. The zero-order valence-electron chi connectivity index (χ0n) is 15.7. The van der Waals surface area contributed by atoms with E-state index in [0.29, 0.717) is 30.0 Å². The fraction of sp³-hybridized carbons (Fsp3) is 0.250. The number of rotatable bonds is 7. The lowest BCUT2D eigenvalue weighted by Gasteiger charge is -2.13. The van der Waals surface area contributed by atoms with Crippen LogP contribution in [-0.2, 0) is 11.2 Å². The maximum Gasteiger partial charge on any atom is 0.261 e. The van der Waals surface area contributed by atoms with Crippen molar-refractivity contribution in [2.24, 2.45) is 0 Å². The minimum Gasteiger partial charge on any atom is -0.493 e. The smallest absolute Gasteiger partial charge is 0.261 e. The topological polar surface area (TPSA) is 79.5 Å². The minimum atomic E-state index is -0.360. The number of ether oxygens (including phenoxy) is 1. The number of carbonyl (C=O) groups is 2. The summed E-state index contributed by atoms with van der Waals surface area (Å²) in [6, 6.07) is 12.5. The molecule has 2 aromatic carbocycles. The summed E-state index contributed by atoms with van der Waals surface area (Å²) in [4.78, 5) is 24.0. The molecule has 0 unspecified atom stereocenters. The fourth-order valence-corrected chi connectivity index (χ4v) is 2.90. The molecular weight excluding hydrogens is 442 g/mol. The molecule has 0 heterocycles. The van der Waals surface area contributed by atoms with E-state index >= 15 is 0 Å². The quantitative estimate of drug-likeness (QED) is 0.546. The first-order valence-electron chi connectivity index (χ1n) is 8.77. The number of hydrogen-bond acceptors (Lipinski definition) is 4. The summed E-state index contributed by atoms with van der Waals surface area (Å²) in [6.45, 7) is 2.52. The number of benzene rings is 2. The number of likely N-dealkylation sites (N-methyl/N-ethyl adjacent to an activating group) is 1. The third-order valence-electron chi connectivity index (χ3n) is 3.73. The van der Waals surface area contributed by atoms with Crippen LogP contribution < -0.4 is 20.7 Å². The van der Waals surface area contributed by atoms with Gasteiger partial charge in [-0.15, -0.1) is 0 Å². The molecular formula is C20H22BrN3O3S. The third kappa shape index (κ3) is 6.61. The van der Waals surface area contributed by atoms with Crippen molar-refractivity contribution in [3.05, 3.63) is 58.1 Å². The Kier molecular flexibility index (Phi) is 8.41. The highest BCUT2D eigenvalue weighted by atomic mass is 79.9. The molecule has 0 saturated heterocycles. The normalized spacial score (nSPS) is 10.1. The number of nitrogens with one attached hydrogen (secondary N) is 3. The van der Waals surface area contributed by atoms with Crippen molar-refractivity contribution in [1.82, 2.24) is 10.6 Å². The van der Waals surface area contributed by atoms with Gasteiger partial charge in [0.05, 0.1) is 18.6 Å². The Hall–Kier alpha value is -2.45. The molecule has 0 fully saturated rings. The number of thiocarbonyl (C=S) groups is 1. The van der Waals surface area contributed by atoms with Crippen molar-refractivity contribution >= 4 is 50.8 Å². The van der Waals surface area contributed by atoms with Gasteiger partial charge in [-0.3, -0.25) is 14.9 Å². The van der Waals surface area contributed by atoms with Gasteiger partial charge in [0.15, 0.2) is 5.11 Å². The monoisotopic (exact) mass is 463 g/mol. The van der Waals surface area contributed by atoms with Crippen LogP contribution in [0.5, 0.6) is 5.75 Å². The molecule has 0 radical (unpaired) electrons. The maximum absolute atomic E-state index is 12.6. The molecule has 0 spiro atoms. The molecule has 2 amide bonds. The van der Waals surface area contributed by atoms with Gasteiger partial charge in [0, 0.05) is 17.2 Å². The van der Waals surface area contributed by atoms with E-state index in [2.05, 4.69) is 31.9 Å². The van der Waals surface area contributed by atoms with Crippen LogP contribution in [0.2, 0.25) is 0 Å². The van der Waals surface area contributed by atoms with E-state index in [-0.39, 0.29) is 16.9 Å². The van der Waals surface area contributed by atoms with Gasteiger partial charge in [-0.1, -0.05) is 35.0 Å². The Labute approximate surface area is 178 Å². The number of hydrogen-bond donors (Lipinski definition) is 3. The highest BCUT2D eigenvalue weighted by Crippen LogP contribution is 2.23. The number of anilines is 1. The predicted molar refractivity (Wildman–Crippen MR) is 118 cm³/mol. The Balaban J connectivity index is 2.00. The molecule has 8 heteroatoms. The van der Waals surface area contributed by atoms with E-state index in [1.165, 1.54) is 0 Å². The van der Waals surface area contributed by atoms with Crippen molar-refractivity contribution in [2.45, 2.75) is 19.8 Å². The van der Waals surface area contributed by atoms with Crippen LogP contribution in [-0.4, -0.2) is 30.6 Å². The second-order valence-electron chi connectivity index (χ2n) is 5.94. The van der Waals surface area contributed by atoms with Gasteiger partial charge < -0.3 is 15.4 Å². The van der Waals surface area contributed by atoms with Crippen molar-refractivity contribution in [1.29, 1.82) is 0 Å². The van der Waals surface area contributed by atoms with Crippen molar-refractivity contribution in [3.8, 4) is 5.75 Å². The van der Waals surface area contributed by atoms with E-state index in [0.717, 1.165) is 16.5 Å². The summed E-state index contributed by atoms with van der Waals surface area (Å²) in [5.41, 5.74) is 1.99. The molecule has 3 N–H and O–H groups in total. The largest absolute Gasteiger partial charge is 0.493 e. The van der Waals surface area contributed by atoms with Crippen LogP contribution in [0.1, 0.15) is 29.3 Å². The molecule has 6 nitrogen and oxygen atoms in total. The first kappa shape index (κ1) is 21.8. The molecule has 0 aliphatic carbocycles. The van der Waals surface area contributed by atoms with Gasteiger partial charge in [0.1, 0.15) is 5.75 Å². The Morgan fingerprint density at radius 3 is 2.50 bits per heavy atom. The lowest BCUT2D eigenvalue weighted by Crippen LogP contribution is -2.34. The first-order valence-corrected chi connectivity index (χ1v) is 9.97.